The molecule has 1 heterocycles. The highest BCUT2D eigenvalue weighted by molar-refractivity contribution is 5.89. The van der Waals surface area contributed by atoms with Gasteiger partial charge >= 0.3 is 0 Å². The van der Waals surface area contributed by atoms with Crippen molar-refractivity contribution in [1.29, 1.82) is 0 Å². The number of piperidine rings is 1. The summed E-state index contributed by atoms with van der Waals surface area (Å²) in [5.74, 6) is 1.17. The van der Waals surface area contributed by atoms with Gasteiger partial charge in [0.05, 0.1) is 12.5 Å². The minimum absolute atomic E-state index is 0.0958. The highest BCUT2D eigenvalue weighted by atomic mass is 16.5. The maximum atomic E-state index is 13.3. The van der Waals surface area contributed by atoms with Crippen molar-refractivity contribution in [2.75, 3.05) is 27.2 Å². The Morgan fingerprint density at radius 3 is 2.20 bits per heavy atom. The lowest BCUT2D eigenvalue weighted by Gasteiger charge is -2.46. The van der Waals surface area contributed by atoms with Crippen LogP contribution in [0.1, 0.15) is 44.6 Å². The van der Waals surface area contributed by atoms with Crippen LogP contribution in [0.3, 0.4) is 0 Å². The van der Waals surface area contributed by atoms with Crippen LogP contribution in [0.25, 0.3) is 0 Å². The first-order valence-electron chi connectivity index (χ1n) is 9.15. The van der Waals surface area contributed by atoms with Gasteiger partial charge in [-0.1, -0.05) is 18.6 Å². The molecule has 5 heteroatoms. The number of nitrogens with zero attached hydrogens (tertiary/aromatic N) is 2. The van der Waals surface area contributed by atoms with E-state index in [1.165, 1.54) is 0 Å². The number of likely N-dealkylation sites (tertiary alicyclic amines) is 1. The van der Waals surface area contributed by atoms with Gasteiger partial charge in [-0.2, -0.15) is 0 Å². The average molecular weight is 344 g/mol. The molecule has 0 N–H and O–H groups in total. The van der Waals surface area contributed by atoms with Crippen molar-refractivity contribution in [2.24, 2.45) is 0 Å². The minimum atomic E-state index is -0.356. The summed E-state index contributed by atoms with van der Waals surface area (Å²) in [5, 5.41) is 0. The van der Waals surface area contributed by atoms with Crippen molar-refractivity contribution in [3.05, 3.63) is 29.8 Å². The van der Waals surface area contributed by atoms with E-state index < -0.39 is 0 Å². The molecule has 136 valence electrons. The Balaban J connectivity index is 1.70. The second-order valence-corrected chi connectivity index (χ2v) is 7.32. The van der Waals surface area contributed by atoms with Gasteiger partial charge in [-0.25, -0.2) is 0 Å². The molecule has 2 amide bonds. The number of carbonyl (C=O) groups excluding carboxylic acids is 2. The predicted octanol–water partition coefficient (Wildman–Crippen LogP) is 2.59. The van der Waals surface area contributed by atoms with Crippen LogP contribution in [-0.2, 0) is 15.0 Å². The summed E-state index contributed by atoms with van der Waals surface area (Å²) >= 11 is 0. The molecule has 1 aromatic carbocycles. The Morgan fingerprint density at radius 1 is 1.16 bits per heavy atom. The largest absolute Gasteiger partial charge is 0.497 e. The number of hydrogen-bond acceptors (Lipinski definition) is 3. The minimum Gasteiger partial charge on any atom is -0.497 e. The van der Waals surface area contributed by atoms with E-state index in [9.17, 15) is 9.59 Å². The smallest absolute Gasteiger partial charge is 0.233 e. The fraction of sp³-hybridized carbons (Fsp3) is 0.600. The molecule has 2 fully saturated rings. The van der Waals surface area contributed by atoms with E-state index >= 15 is 0 Å². The molecule has 1 saturated heterocycles. The molecule has 0 spiro atoms. The molecule has 5 nitrogen and oxygen atoms in total. The van der Waals surface area contributed by atoms with Gasteiger partial charge in [0, 0.05) is 33.1 Å². The van der Waals surface area contributed by atoms with Crippen LogP contribution in [0.15, 0.2) is 24.3 Å². The van der Waals surface area contributed by atoms with Crippen LogP contribution in [0.5, 0.6) is 5.75 Å². The summed E-state index contributed by atoms with van der Waals surface area (Å²) < 4.78 is 5.24. The van der Waals surface area contributed by atoms with Crippen molar-refractivity contribution in [1.82, 2.24) is 9.80 Å². The summed E-state index contributed by atoms with van der Waals surface area (Å²) in [6, 6.07) is 8.20. The van der Waals surface area contributed by atoms with Crippen molar-refractivity contribution in [3.8, 4) is 5.75 Å². The Labute approximate surface area is 149 Å². The third-order valence-corrected chi connectivity index (χ3v) is 6.06. The zero-order chi connectivity index (χ0) is 18.0. The molecule has 0 atom stereocenters. The maximum absolute atomic E-state index is 13.3. The molecular formula is C20H28N2O3. The van der Waals surface area contributed by atoms with Crippen molar-refractivity contribution in [3.63, 3.8) is 0 Å². The first kappa shape index (κ1) is 17.8. The van der Waals surface area contributed by atoms with Gasteiger partial charge in [0.1, 0.15) is 5.75 Å². The predicted molar refractivity (Wildman–Crippen MR) is 96.6 cm³/mol. The molecule has 0 bridgehead atoms. The molecule has 0 aromatic heterocycles. The molecule has 1 aromatic rings. The molecule has 3 rings (SSSR count). The van der Waals surface area contributed by atoms with E-state index in [4.69, 9.17) is 4.74 Å². The van der Waals surface area contributed by atoms with Gasteiger partial charge in [-0.3, -0.25) is 9.59 Å². The van der Waals surface area contributed by atoms with Gasteiger partial charge in [-0.05, 0) is 43.4 Å². The van der Waals surface area contributed by atoms with Crippen molar-refractivity contribution >= 4 is 11.8 Å². The van der Waals surface area contributed by atoms with E-state index in [0.717, 1.165) is 56.5 Å². The highest BCUT2D eigenvalue weighted by Crippen LogP contribution is 2.46. The molecule has 2 aliphatic rings. The van der Waals surface area contributed by atoms with Gasteiger partial charge < -0.3 is 14.5 Å². The molecular weight excluding hydrogens is 316 g/mol. The van der Waals surface area contributed by atoms with E-state index in [0.29, 0.717) is 0 Å². The number of amides is 2. The second-order valence-electron chi connectivity index (χ2n) is 7.32. The summed E-state index contributed by atoms with van der Waals surface area (Å²) in [7, 11) is 3.51. The zero-order valence-corrected chi connectivity index (χ0v) is 15.5. The number of carbonyl (C=O) groups is 2. The summed E-state index contributed by atoms with van der Waals surface area (Å²) in [6.07, 6.45) is 4.67. The summed E-state index contributed by atoms with van der Waals surface area (Å²) in [5.41, 5.74) is 0.749. The van der Waals surface area contributed by atoms with Gasteiger partial charge in [0.15, 0.2) is 0 Å². The van der Waals surface area contributed by atoms with E-state index in [1.54, 1.807) is 14.0 Å². The van der Waals surface area contributed by atoms with E-state index in [1.807, 2.05) is 41.1 Å². The van der Waals surface area contributed by atoms with Crippen LogP contribution in [0.2, 0.25) is 0 Å². The van der Waals surface area contributed by atoms with Crippen LogP contribution < -0.4 is 4.74 Å². The second kappa shape index (κ2) is 7.06. The van der Waals surface area contributed by atoms with Crippen LogP contribution >= 0.6 is 0 Å². The highest BCUT2D eigenvalue weighted by Gasteiger charge is 2.48. The summed E-state index contributed by atoms with van der Waals surface area (Å²) in [4.78, 5) is 28.6. The normalized spacial score (nSPS) is 19.9. The summed E-state index contributed by atoms with van der Waals surface area (Å²) in [6.45, 7) is 3.07. The monoisotopic (exact) mass is 344 g/mol. The third-order valence-electron chi connectivity index (χ3n) is 6.06. The number of ether oxygens (including phenoxy) is 1. The van der Waals surface area contributed by atoms with Crippen LogP contribution in [0, 0.1) is 0 Å². The lowest BCUT2D eigenvalue weighted by Crippen LogP contribution is -2.55. The Kier molecular flexibility index (Phi) is 5.02. The maximum Gasteiger partial charge on any atom is 0.233 e. The molecule has 1 saturated carbocycles. The fourth-order valence-corrected chi connectivity index (χ4v) is 4.08. The molecule has 1 aliphatic carbocycles. The average Bonchev–Trinajstić information content (AvgIpc) is 2.60. The van der Waals surface area contributed by atoms with Crippen molar-refractivity contribution < 1.29 is 14.3 Å². The number of benzene rings is 1. The first-order chi connectivity index (χ1) is 12.0. The van der Waals surface area contributed by atoms with E-state index in [2.05, 4.69) is 0 Å². The molecule has 0 unspecified atom stereocenters. The van der Waals surface area contributed by atoms with Crippen LogP contribution in [0.4, 0.5) is 0 Å². The molecule has 25 heavy (non-hydrogen) atoms. The van der Waals surface area contributed by atoms with Gasteiger partial charge in [0.25, 0.3) is 0 Å². The first-order valence-corrected chi connectivity index (χ1v) is 9.15. The zero-order valence-electron chi connectivity index (χ0n) is 15.5. The van der Waals surface area contributed by atoms with Gasteiger partial charge in [0.2, 0.25) is 11.8 Å². The third kappa shape index (κ3) is 3.24. The topological polar surface area (TPSA) is 49.9 Å². The lowest BCUT2D eigenvalue weighted by molar-refractivity contribution is -0.143. The Hall–Kier alpha value is -2.04. The SMILES string of the molecule is COc1ccc(C2(C(=O)N3CCC(N(C)C(C)=O)CC3)CCC2)cc1. The number of hydrogen-bond donors (Lipinski definition) is 0. The van der Waals surface area contributed by atoms with E-state index in [-0.39, 0.29) is 23.3 Å². The lowest BCUT2D eigenvalue weighted by atomic mass is 9.63. The Morgan fingerprint density at radius 2 is 1.76 bits per heavy atom. The number of methoxy groups -OCH3 is 1. The standard InChI is InChI=1S/C20H28N2O3/c1-15(23)21(2)17-9-13-22(14-10-17)19(24)20(11-4-12-20)16-5-7-18(25-3)8-6-16/h5-8,17H,4,9-14H2,1-3H3. The molecule has 1 aliphatic heterocycles. The fourth-order valence-electron chi connectivity index (χ4n) is 4.08. The van der Waals surface area contributed by atoms with Crippen LogP contribution in [-0.4, -0.2) is 54.9 Å². The van der Waals surface area contributed by atoms with Crippen molar-refractivity contribution in [2.45, 2.75) is 50.5 Å². The Bertz CT molecular complexity index is 629. The number of rotatable bonds is 4. The van der Waals surface area contributed by atoms with Gasteiger partial charge in [-0.15, -0.1) is 0 Å². The molecule has 0 radical (unpaired) electrons. The quantitative estimate of drug-likeness (QED) is 0.843.